The van der Waals surface area contributed by atoms with Gasteiger partial charge in [-0.1, -0.05) is 0 Å². The molecular formula is C23H24N6O4S. The first kappa shape index (κ1) is 22.7. The largest absolute Gasteiger partial charge is 0.363 e. The van der Waals surface area contributed by atoms with Crippen molar-refractivity contribution >= 4 is 39.8 Å². The smallest absolute Gasteiger partial charge is 0.200 e. The van der Waals surface area contributed by atoms with Gasteiger partial charge in [0.1, 0.15) is 0 Å². The van der Waals surface area contributed by atoms with Crippen LogP contribution in [-0.4, -0.2) is 64.6 Å². The second kappa shape index (κ2) is 10.0. The molecule has 176 valence electrons. The van der Waals surface area contributed by atoms with Crippen LogP contribution in [0.4, 0.5) is 5.69 Å². The minimum atomic E-state index is -0.345. The number of benzene rings is 1. The summed E-state index contributed by atoms with van der Waals surface area (Å²) in [6, 6.07) is 11.8. The normalized spacial score (nSPS) is 16.4. The van der Waals surface area contributed by atoms with Gasteiger partial charge in [-0.25, -0.2) is 5.90 Å². The summed E-state index contributed by atoms with van der Waals surface area (Å²) < 4.78 is 13.2. The van der Waals surface area contributed by atoms with E-state index in [9.17, 15) is 4.79 Å². The second-order valence-electron chi connectivity index (χ2n) is 7.82. The van der Waals surface area contributed by atoms with Gasteiger partial charge < -0.3 is 19.2 Å². The molecule has 0 bridgehead atoms. The van der Waals surface area contributed by atoms with Crippen LogP contribution in [0.25, 0.3) is 16.6 Å². The molecule has 1 aromatic carbocycles. The fourth-order valence-corrected chi connectivity index (χ4v) is 4.63. The summed E-state index contributed by atoms with van der Waals surface area (Å²) in [6.07, 6.45) is 3.30. The molecule has 1 atom stereocenters. The molecule has 4 aromatic rings. The van der Waals surface area contributed by atoms with Crippen molar-refractivity contribution in [1.29, 1.82) is 0 Å². The van der Waals surface area contributed by atoms with Crippen LogP contribution in [0.5, 0.6) is 0 Å². The molecular weight excluding hydrogens is 456 g/mol. The van der Waals surface area contributed by atoms with E-state index in [1.54, 1.807) is 25.3 Å². The zero-order valence-electron chi connectivity index (χ0n) is 18.6. The zero-order chi connectivity index (χ0) is 23.5. The number of hydrogen-bond acceptors (Lipinski definition) is 10. The highest BCUT2D eigenvalue weighted by molar-refractivity contribution is 7.99. The highest BCUT2D eigenvalue weighted by Gasteiger charge is 2.22. The maximum Gasteiger partial charge on any atom is 0.200 e. The Morgan fingerprint density at radius 2 is 2.15 bits per heavy atom. The fraction of sp³-hybridized carbons (Fsp3) is 0.304. The van der Waals surface area contributed by atoms with Gasteiger partial charge in [-0.2, -0.15) is 0 Å². The standard InChI is InChI=1S/C23H24N6O4S/c1-15(30)16-2-5-21-26-27-23(29(21)13-16)34-19-3-4-20-17(11-19)10-18(12-25-20)28-6-7-31-22(14-28)32-8-9-33-24/h2-5,10-13,22H,6-9,14,24H2,1H3. The number of carbonyl (C=O) groups excluding carboxylic acids is 1. The lowest BCUT2D eigenvalue weighted by Crippen LogP contribution is -2.44. The molecule has 3 aromatic heterocycles. The first-order valence-electron chi connectivity index (χ1n) is 10.8. The molecule has 1 saturated heterocycles. The maximum absolute atomic E-state index is 11.8. The topological polar surface area (TPSA) is 117 Å². The number of carbonyl (C=O) groups is 1. The summed E-state index contributed by atoms with van der Waals surface area (Å²) in [5.41, 5.74) is 3.21. The zero-order valence-corrected chi connectivity index (χ0v) is 19.4. The maximum atomic E-state index is 11.8. The molecule has 2 N–H and O–H groups in total. The van der Waals surface area contributed by atoms with Crippen molar-refractivity contribution in [2.75, 3.05) is 37.8 Å². The van der Waals surface area contributed by atoms with Crippen LogP contribution in [-0.2, 0) is 14.3 Å². The van der Waals surface area contributed by atoms with Crippen LogP contribution in [0, 0.1) is 0 Å². The minimum absolute atomic E-state index is 0.000626. The van der Waals surface area contributed by atoms with E-state index in [0.29, 0.717) is 42.7 Å². The molecule has 11 heteroatoms. The van der Waals surface area contributed by atoms with Crippen molar-refractivity contribution < 1.29 is 19.1 Å². The molecule has 4 heterocycles. The SMILES string of the molecule is CC(=O)c1ccc2nnc(Sc3ccc4ncc(N5CCOC(OCCON)C5)cc4c3)n2c1. The number of anilines is 1. The summed E-state index contributed by atoms with van der Waals surface area (Å²) in [5, 5.41) is 10.2. The first-order valence-corrected chi connectivity index (χ1v) is 11.7. The number of morpholine rings is 1. The summed E-state index contributed by atoms with van der Waals surface area (Å²) in [6.45, 7) is 4.13. The molecule has 1 aliphatic heterocycles. The molecule has 0 radical (unpaired) electrons. The van der Waals surface area contributed by atoms with Crippen LogP contribution < -0.4 is 10.8 Å². The van der Waals surface area contributed by atoms with Crippen molar-refractivity contribution in [3.8, 4) is 0 Å². The molecule has 0 amide bonds. The number of hydrogen-bond donors (Lipinski definition) is 1. The molecule has 1 aliphatic rings. The molecule has 34 heavy (non-hydrogen) atoms. The second-order valence-corrected chi connectivity index (χ2v) is 8.86. The van der Waals surface area contributed by atoms with Gasteiger partial charge in [0.15, 0.2) is 22.9 Å². The highest BCUT2D eigenvalue weighted by Crippen LogP contribution is 2.30. The monoisotopic (exact) mass is 480 g/mol. The predicted octanol–water partition coefficient (Wildman–Crippen LogP) is 2.70. The molecule has 1 unspecified atom stereocenters. The lowest BCUT2D eigenvalue weighted by molar-refractivity contribution is -0.154. The number of nitrogens with two attached hydrogens (primary N) is 1. The number of ether oxygens (including phenoxy) is 2. The Balaban J connectivity index is 1.37. The summed E-state index contributed by atoms with van der Waals surface area (Å²) in [5.74, 6) is 5.05. The molecule has 0 spiro atoms. The average molecular weight is 481 g/mol. The fourth-order valence-electron chi connectivity index (χ4n) is 3.77. The van der Waals surface area contributed by atoms with Crippen LogP contribution >= 0.6 is 11.8 Å². The lowest BCUT2D eigenvalue weighted by atomic mass is 10.2. The van der Waals surface area contributed by atoms with Gasteiger partial charge in [-0.3, -0.25) is 14.2 Å². The van der Waals surface area contributed by atoms with Crippen molar-refractivity contribution in [2.24, 2.45) is 5.90 Å². The Labute approximate surface area is 200 Å². The number of rotatable bonds is 8. The third-order valence-electron chi connectivity index (χ3n) is 5.53. The van der Waals surface area contributed by atoms with Gasteiger partial charge in [-0.05, 0) is 55.1 Å². The van der Waals surface area contributed by atoms with Crippen molar-refractivity contribution in [1.82, 2.24) is 19.6 Å². The Morgan fingerprint density at radius 1 is 1.24 bits per heavy atom. The van der Waals surface area contributed by atoms with Gasteiger partial charge in [-0.15, -0.1) is 10.2 Å². The van der Waals surface area contributed by atoms with Crippen molar-refractivity contribution in [3.05, 3.63) is 54.4 Å². The lowest BCUT2D eigenvalue weighted by Gasteiger charge is -2.34. The summed E-state index contributed by atoms with van der Waals surface area (Å²) >= 11 is 1.49. The van der Waals surface area contributed by atoms with Gasteiger partial charge in [0.25, 0.3) is 0 Å². The van der Waals surface area contributed by atoms with Crippen LogP contribution in [0.3, 0.4) is 0 Å². The summed E-state index contributed by atoms with van der Waals surface area (Å²) in [4.78, 5) is 24.2. The molecule has 10 nitrogen and oxygen atoms in total. The Hall–Kier alpha value is -3.09. The molecule has 0 aliphatic carbocycles. The minimum Gasteiger partial charge on any atom is -0.363 e. The molecule has 5 rings (SSSR count). The van der Waals surface area contributed by atoms with Gasteiger partial charge in [0, 0.05) is 28.6 Å². The predicted molar refractivity (Wildman–Crippen MR) is 127 cm³/mol. The number of nitrogens with zero attached hydrogens (tertiary/aromatic N) is 5. The van der Waals surface area contributed by atoms with E-state index in [2.05, 4.69) is 37.1 Å². The number of aromatic nitrogens is 4. The molecule has 1 fully saturated rings. The van der Waals surface area contributed by atoms with E-state index in [1.165, 1.54) is 11.8 Å². The van der Waals surface area contributed by atoms with E-state index < -0.39 is 0 Å². The molecule has 0 saturated carbocycles. The Bertz CT molecular complexity index is 1330. The summed E-state index contributed by atoms with van der Waals surface area (Å²) in [7, 11) is 0. The van der Waals surface area contributed by atoms with E-state index in [4.69, 9.17) is 15.4 Å². The Morgan fingerprint density at radius 3 is 3.00 bits per heavy atom. The van der Waals surface area contributed by atoms with Gasteiger partial charge in [0.2, 0.25) is 0 Å². The number of pyridine rings is 2. The third kappa shape index (κ3) is 4.88. The van der Waals surface area contributed by atoms with Crippen LogP contribution in [0.15, 0.2) is 58.8 Å². The highest BCUT2D eigenvalue weighted by atomic mass is 32.2. The van der Waals surface area contributed by atoms with Crippen molar-refractivity contribution in [3.63, 3.8) is 0 Å². The van der Waals surface area contributed by atoms with Crippen molar-refractivity contribution in [2.45, 2.75) is 23.3 Å². The number of ketones is 1. The third-order valence-corrected chi connectivity index (χ3v) is 6.48. The first-order chi connectivity index (χ1) is 16.6. The number of fused-ring (bicyclic) bond motifs is 2. The average Bonchev–Trinajstić information content (AvgIpc) is 3.26. The van der Waals surface area contributed by atoms with Gasteiger partial charge >= 0.3 is 0 Å². The van der Waals surface area contributed by atoms with E-state index >= 15 is 0 Å². The van der Waals surface area contributed by atoms with Crippen LogP contribution in [0.2, 0.25) is 0 Å². The van der Waals surface area contributed by atoms with E-state index in [1.807, 2.05) is 22.7 Å². The van der Waals surface area contributed by atoms with Gasteiger partial charge in [0.05, 0.1) is 43.8 Å². The number of Topliss-reactive ketones (excluding diaryl/α,β-unsaturated/α-hetero) is 1. The van der Waals surface area contributed by atoms with E-state index in [0.717, 1.165) is 28.0 Å². The quantitative estimate of drug-likeness (QED) is 0.229. The Kier molecular flexibility index (Phi) is 6.70. The van der Waals surface area contributed by atoms with Crippen LogP contribution in [0.1, 0.15) is 17.3 Å². The van der Waals surface area contributed by atoms with E-state index in [-0.39, 0.29) is 12.1 Å².